The largest absolute Gasteiger partial charge is 0.480 e. The Bertz CT molecular complexity index is 251. The summed E-state index contributed by atoms with van der Waals surface area (Å²) in [7, 11) is 0. The highest BCUT2D eigenvalue weighted by Gasteiger charge is 2.25. The molecule has 0 rings (SSSR count). The fourth-order valence-corrected chi connectivity index (χ4v) is 1.27. The summed E-state index contributed by atoms with van der Waals surface area (Å²) >= 11 is 0. The predicted octanol–water partition coefficient (Wildman–Crippen LogP) is -1.88. The van der Waals surface area contributed by atoms with Gasteiger partial charge in [0.1, 0.15) is 6.04 Å². The molecule has 0 heterocycles. The van der Waals surface area contributed by atoms with Gasteiger partial charge in [0.25, 0.3) is 0 Å². The summed E-state index contributed by atoms with van der Waals surface area (Å²) in [6.45, 7) is 1.04. The van der Waals surface area contributed by atoms with Gasteiger partial charge in [0.15, 0.2) is 0 Å². The minimum atomic E-state index is -1.11. The predicted molar refractivity (Wildman–Crippen MR) is 51.7 cm³/mol. The Morgan fingerprint density at radius 3 is 1.80 bits per heavy atom. The topological polar surface area (TPSA) is 127 Å². The SMILES string of the molecule is CCC(C(=O)O)N(CC(N)=O)CC(N)=O. The zero-order chi connectivity index (χ0) is 12.0. The monoisotopic (exact) mass is 217 g/mol. The Morgan fingerprint density at radius 1 is 1.20 bits per heavy atom. The van der Waals surface area contributed by atoms with E-state index in [9.17, 15) is 14.4 Å². The van der Waals surface area contributed by atoms with Gasteiger partial charge in [-0.15, -0.1) is 0 Å². The average molecular weight is 217 g/mol. The van der Waals surface area contributed by atoms with E-state index in [-0.39, 0.29) is 19.5 Å². The molecule has 0 saturated heterocycles. The molecule has 0 aromatic heterocycles. The van der Waals surface area contributed by atoms with Crippen molar-refractivity contribution in [3.8, 4) is 0 Å². The zero-order valence-corrected chi connectivity index (χ0v) is 8.47. The van der Waals surface area contributed by atoms with E-state index in [0.717, 1.165) is 4.90 Å². The van der Waals surface area contributed by atoms with Crippen molar-refractivity contribution < 1.29 is 19.5 Å². The molecule has 0 aromatic rings. The summed E-state index contributed by atoms with van der Waals surface area (Å²) in [5.41, 5.74) is 9.87. The van der Waals surface area contributed by atoms with E-state index in [4.69, 9.17) is 16.6 Å². The van der Waals surface area contributed by atoms with Gasteiger partial charge in [-0.1, -0.05) is 6.92 Å². The van der Waals surface area contributed by atoms with Gasteiger partial charge < -0.3 is 16.6 Å². The molecule has 0 aliphatic rings. The van der Waals surface area contributed by atoms with Crippen LogP contribution < -0.4 is 11.5 Å². The van der Waals surface area contributed by atoms with E-state index >= 15 is 0 Å². The molecule has 0 radical (unpaired) electrons. The van der Waals surface area contributed by atoms with Crippen LogP contribution in [0.3, 0.4) is 0 Å². The number of carbonyl (C=O) groups is 3. The molecule has 0 spiro atoms. The third-order valence-corrected chi connectivity index (χ3v) is 1.83. The van der Waals surface area contributed by atoms with Crippen LogP contribution in [0.4, 0.5) is 0 Å². The van der Waals surface area contributed by atoms with Crippen LogP contribution in [-0.4, -0.2) is 46.9 Å². The lowest BCUT2D eigenvalue weighted by Gasteiger charge is -2.25. The first-order valence-electron chi connectivity index (χ1n) is 4.42. The summed E-state index contributed by atoms with van der Waals surface area (Å²) in [6, 6.07) is -0.926. The van der Waals surface area contributed by atoms with Crippen molar-refractivity contribution in [3.63, 3.8) is 0 Å². The first kappa shape index (κ1) is 13.4. The highest BCUT2D eigenvalue weighted by molar-refractivity contribution is 5.81. The Kier molecular flexibility index (Phi) is 5.32. The molecule has 0 aliphatic heterocycles. The van der Waals surface area contributed by atoms with Crippen LogP contribution in [0, 0.1) is 0 Å². The second kappa shape index (κ2) is 5.97. The number of carbonyl (C=O) groups excluding carboxylic acids is 2. The summed E-state index contributed by atoms with van der Waals surface area (Å²) in [5, 5.41) is 8.82. The summed E-state index contributed by atoms with van der Waals surface area (Å²) in [5.74, 6) is -2.51. The Labute approximate surface area is 87.0 Å². The van der Waals surface area contributed by atoms with Gasteiger partial charge in [0.2, 0.25) is 11.8 Å². The minimum Gasteiger partial charge on any atom is -0.480 e. The first-order valence-corrected chi connectivity index (χ1v) is 4.42. The molecule has 7 nitrogen and oxygen atoms in total. The first-order chi connectivity index (χ1) is 6.88. The van der Waals surface area contributed by atoms with Gasteiger partial charge >= 0.3 is 5.97 Å². The number of aliphatic carboxylic acids is 1. The van der Waals surface area contributed by atoms with Gasteiger partial charge in [-0.05, 0) is 6.42 Å². The van der Waals surface area contributed by atoms with E-state index in [1.165, 1.54) is 0 Å². The highest BCUT2D eigenvalue weighted by atomic mass is 16.4. The number of primary amides is 2. The molecule has 86 valence electrons. The van der Waals surface area contributed by atoms with Crippen LogP contribution >= 0.6 is 0 Å². The molecule has 1 unspecified atom stereocenters. The lowest BCUT2D eigenvalue weighted by molar-refractivity contribution is -0.144. The van der Waals surface area contributed by atoms with E-state index < -0.39 is 23.8 Å². The molecule has 0 saturated carbocycles. The highest BCUT2D eigenvalue weighted by Crippen LogP contribution is 2.03. The number of hydrogen-bond donors (Lipinski definition) is 3. The Balaban J connectivity index is 4.64. The van der Waals surface area contributed by atoms with E-state index in [1.54, 1.807) is 6.92 Å². The van der Waals surface area contributed by atoms with Crippen molar-refractivity contribution >= 4 is 17.8 Å². The van der Waals surface area contributed by atoms with E-state index in [0.29, 0.717) is 0 Å². The third kappa shape index (κ3) is 4.96. The van der Waals surface area contributed by atoms with Crippen molar-refractivity contribution in [1.29, 1.82) is 0 Å². The fourth-order valence-electron chi connectivity index (χ4n) is 1.27. The molecule has 0 aliphatic carbocycles. The van der Waals surface area contributed by atoms with E-state index in [2.05, 4.69) is 0 Å². The summed E-state index contributed by atoms with van der Waals surface area (Å²) in [4.78, 5) is 33.3. The van der Waals surface area contributed by atoms with Gasteiger partial charge in [-0.2, -0.15) is 0 Å². The quantitative estimate of drug-likeness (QED) is 0.460. The molecule has 5 N–H and O–H groups in total. The smallest absolute Gasteiger partial charge is 0.320 e. The number of carboxylic acids is 1. The van der Waals surface area contributed by atoms with Gasteiger partial charge in [-0.3, -0.25) is 19.3 Å². The molecular weight excluding hydrogens is 202 g/mol. The van der Waals surface area contributed by atoms with Crippen molar-refractivity contribution in [2.24, 2.45) is 11.5 Å². The molecule has 0 aromatic carbocycles. The number of rotatable bonds is 7. The number of amides is 2. The van der Waals surface area contributed by atoms with Crippen LogP contribution in [0.1, 0.15) is 13.3 Å². The molecule has 2 amide bonds. The maximum Gasteiger partial charge on any atom is 0.320 e. The minimum absolute atomic E-state index is 0.260. The number of hydrogen-bond acceptors (Lipinski definition) is 4. The molecule has 7 heteroatoms. The van der Waals surface area contributed by atoms with Crippen molar-refractivity contribution in [1.82, 2.24) is 4.90 Å². The number of nitrogens with two attached hydrogens (primary N) is 2. The van der Waals surface area contributed by atoms with Crippen LogP contribution in [0.15, 0.2) is 0 Å². The zero-order valence-electron chi connectivity index (χ0n) is 8.47. The molecular formula is C8H15N3O4. The van der Waals surface area contributed by atoms with Crippen molar-refractivity contribution in [2.75, 3.05) is 13.1 Å². The maximum atomic E-state index is 10.8. The third-order valence-electron chi connectivity index (χ3n) is 1.83. The lowest BCUT2D eigenvalue weighted by atomic mass is 10.2. The molecule has 0 bridgehead atoms. The normalized spacial score (nSPS) is 12.4. The average Bonchev–Trinajstić information content (AvgIpc) is 2.01. The standard InChI is InChI=1S/C8H15N3O4/c1-2-5(8(14)15)11(3-6(9)12)4-7(10)13/h5H,2-4H2,1H3,(H2,9,12)(H2,10,13)(H,14,15). The van der Waals surface area contributed by atoms with Crippen molar-refractivity contribution in [3.05, 3.63) is 0 Å². The Hall–Kier alpha value is -1.63. The number of carboxylic acid groups (broad SMARTS) is 1. The van der Waals surface area contributed by atoms with Gasteiger partial charge in [0, 0.05) is 0 Å². The van der Waals surface area contributed by atoms with Crippen LogP contribution in [-0.2, 0) is 14.4 Å². The van der Waals surface area contributed by atoms with Gasteiger partial charge in [0.05, 0.1) is 13.1 Å². The van der Waals surface area contributed by atoms with Crippen molar-refractivity contribution in [2.45, 2.75) is 19.4 Å². The van der Waals surface area contributed by atoms with Crippen LogP contribution in [0.5, 0.6) is 0 Å². The lowest BCUT2D eigenvalue weighted by Crippen LogP contribution is -2.48. The van der Waals surface area contributed by atoms with Gasteiger partial charge in [-0.25, -0.2) is 0 Å². The molecule has 15 heavy (non-hydrogen) atoms. The maximum absolute atomic E-state index is 10.8. The summed E-state index contributed by atoms with van der Waals surface area (Å²) < 4.78 is 0. The second-order valence-corrected chi connectivity index (χ2v) is 3.10. The fraction of sp³-hybridized carbons (Fsp3) is 0.625. The van der Waals surface area contributed by atoms with Crippen LogP contribution in [0.25, 0.3) is 0 Å². The van der Waals surface area contributed by atoms with Crippen LogP contribution in [0.2, 0.25) is 0 Å². The molecule has 0 fully saturated rings. The Morgan fingerprint density at radius 2 is 1.60 bits per heavy atom. The van der Waals surface area contributed by atoms with E-state index in [1.807, 2.05) is 0 Å². The number of nitrogens with zero attached hydrogens (tertiary/aromatic N) is 1. The molecule has 1 atom stereocenters. The second-order valence-electron chi connectivity index (χ2n) is 3.10. The summed E-state index contributed by atoms with van der Waals surface area (Å²) in [6.07, 6.45) is 0.260.